The predicted molar refractivity (Wildman–Crippen MR) is 79.9 cm³/mol. The second-order valence-corrected chi connectivity index (χ2v) is 6.36. The van der Waals surface area contributed by atoms with Crippen LogP contribution in [0.4, 0.5) is 5.69 Å². The minimum atomic E-state index is -3.35. The van der Waals surface area contributed by atoms with Gasteiger partial charge in [-0.1, -0.05) is 33.6 Å². The van der Waals surface area contributed by atoms with Crippen molar-refractivity contribution in [2.45, 2.75) is 38.5 Å². The van der Waals surface area contributed by atoms with Gasteiger partial charge in [-0.2, -0.15) is 0 Å². The van der Waals surface area contributed by atoms with E-state index in [0.29, 0.717) is 17.4 Å². The Balaban J connectivity index is 2.67. The summed E-state index contributed by atoms with van der Waals surface area (Å²) < 4.78 is 26.0. The molecule has 0 aliphatic rings. The standard InChI is InChI=1S/C14H24N2O2S/c1-4-12(5-2)11-15-13-7-9-14(10-8-13)19(17,18)16-6-3/h7-10,12,15-16H,4-6,11H2,1-3H3. The first-order valence-electron chi connectivity index (χ1n) is 6.87. The minimum absolute atomic E-state index is 0.308. The number of sulfonamides is 1. The SMILES string of the molecule is CCNS(=O)(=O)c1ccc(NCC(CC)CC)cc1. The highest BCUT2D eigenvalue weighted by atomic mass is 32.2. The van der Waals surface area contributed by atoms with Crippen LogP contribution >= 0.6 is 0 Å². The molecule has 0 heterocycles. The van der Waals surface area contributed by atoms with Gasteiger partial charge in [0, 0.05) is 18.8 Å². The van der Waals surface area contributed by atoms with Gasteiger partial charge in [-0.25, -0.2) is 13.1 Å². The van der Waals surface area contributed by atoms with Crippen LogP contribution in [0.5, 0.6) is 0 Å². The molecule has 0 saturated carbocycles. The maximum atomic E-state index is 11.8. The van der Waals surface area contributed by atoms with Crippen molar-refractivity contribution in [2.75, 3.05) is 18.4 Å². The van der Waals surface area contributed by atoms with Crippen LogP contribution in [0, 0.1) is 5.92 Å². The molecule has 0 bridgehead atoms. The Bertz CT molecular complexity index is 465. The fourth-order valence-electron chi connectivity index (χ4n) is 1.86. The van der Waals surface area contributed by atoms with Crippen molar-refractivity contribution in [3.05, 3.63) is 24.3 Å². The van der Waals surface area contributed by atoms with Gasteiger partial charge >= 0.3 is 0 Å². The third-order valence-electron chi connectivity index (χ3n) is 3.25. The summed E-state index contributed by atoms with van der Waals surface area (Å²) in [5, 5.41) is 3.34. The lowest BCUT2D eigenvalue weighted by molar-refractivity contribution is 0.519. The molecule has 0 atom stereocenters. The summed E-state index contributed by atoms with van der Waals surface area (Å²) >= 11 is 0. The Morgan fingerprint density at radius 2 is 1.63 bits per heavy atom. The van der Waals surface area contributed by atoms with E-state index in [9.17, 15) is 8.42 Å². The molecule has 0 radical (unpaired) electrons. The molecule has 5 heteroatoms. The molecule has 0 amide bonds. The molecular formula is C14H24N2O2S. The fourth-order valence-corrected chi connectivity index (χ4v) is 2.91. The molecule has 2 N–H and O–H groups in total. The topological polar surface area (TPSA) is 58.2 Å². The molecule has 0 spiro atoms. The number of benzene rings is 1. The number of anilines is 1. The van der Waals surface area contributed by atoms with Gasteiger partial charge in [0.25, 0.3) is 0 Å². The van der Waals surface area contributed by atoms with Gasteiger partial charge in [-0.3, -0.25) is 0 Å². The Morgan fingerprint density at radius 3 is 2.11 bits per heavy atom. The highest BCUT2D eigenvalue weighted by Gasteiger charge is 2.11. The molecule has 1 aromatic rings. The van der Waals surface area contributed by atoms with Crippen LogP contribution in [0.1, 0.15) is 33.6 Å². The highest BCUT2D eigenvalue weighted by molar-refractivity contribution is 7.89. The van der Waals surface area contributed by atoms with Gasteiger partial charge in [0.15, 0.2) is 0 Å². The van der Waals surface area contributed by atoms with Crippen LogP contribution in [0.2, 0.25) is 0 Å². The molecule has 0 aromatic heterocycles. The lowest BCUT2D eigenvalue weighted by atomic mass is 10.0. The van der Waals surface area contributed by atoms with Gasteiger partial charge in [-0.05, 0) is 30.2 Å². The van der Waals surface area contributed by atoms with Crippen LogP contribution in [-0.4, -0.2) is 21.5 Å². The minimum Gasteiger partial charge on any atom is -0.385 e. The molecule has 0 aliphatic heterocycles. The summed E-state index contributed by atoms with van der Waals surface area (Å²) in [6, 6.07) is 6.89. The first-order valence-corrected chi connectivity index (χ1v) is 8.35. The normalized spacial score (nSPS) is 11.8. The molecule has 1 aromatic carbocycles. The Labute approximate surface area is 116 Å². The smallest absolute Gasteiger partial charge is 0.240 e. The van der Waals surface area contributed by atoms with E-state index in [1.807, 2.05) is 12.1 Å². The maximum absolute atomic E-state index is 11.8. The van der Waals surface area contributed by atoms with E-state index in [1.54, 1.807) is 19.1 Å². The molecular weight excluding hydrogens is 260 g/mol. The predicted octanol–water partition coefficient (Wildman–Crippen LogP) is 2.83. The van der Waals surface area contributed by atoms with Crippen molar-refractivity contribution < 1.29 is 8.42 Å². The van der Waals surface area contributed by atoms with Gasteiger partial charge < -0.3 is 5.32 Å². The molecule has 108 valence electrons. The van der Waals surface area contributed by atoms with Crippen molar-refractivity contribution in [2.24, 2.45) is 5.92 Å². The van der Waals surface area contributed by atoms with Gasteiger partial charge in [-0.15, -0.1) is 0 Å². The lowest BCUT2D eigenvalue weighted by Gasteiger charge is -2.14. The van der Waals surface area contributed by atoms with E-state index in [-0.39, 0.29) is 0 Å². The lowest BCUT2D eigenvalue weighted by Crippen LogP contribution is -2.23. The van der Waals surface area contributed by atoms with E-state index in [4.69, 9.17) is 0 Å². The number of rotatable bonds is 8. The van der Waals surface area contributed by atoms with Gasteiger partial charge in [0.1, 0.15) is 0 Å². The zero-order valence-electron chi connectivity index (χ0n) is 11.9. The first kappa shape index (κ1) is 16.0. The molecule has 0 unspecified atom stereocenters. The molecule has 0 fully saturated rings. The average Bonchev–Trinajstić information content (AvgIpc) is 2.40. The number of hydrogen-bond donors (Lipinski definition) is 2. The average molecular weight is 284 g/mol. The largest absolute Gasteiger partial charge is 0.385 e. The summed E-state index contributed by atoms with van der Waals surface area (Å²) in [6.07, 6.45) is 2.30. The fraction of sp³-hybridized carbons (Fsp3) is 0.571. The summed E-state index contributed by atoms with van der Waals surface area (Å²) in [6.45, 7) is 7.45. The van der Waals surface area contributed by atoms with Crippen molar-refractivity contribution in [1.82, 2.24) is 4.72 Å². The van der Waals surface area contributed by atoms with Crippen molar-refractivity contribution in [1.29, 1.82) is 0 Å². The number of hydrogen-bond acceptors (Lipinski definition) is 3. The van der Waals surface area contributed by atoms with Crippen LogP contribution in [0.3, 0.4) is 0 Å². The molecule has 19 heavy (non-hydrogen) atoms. The zero-order valence-corrected chi connectivity index (χ0v) is 12.8. The van der Waals surface area contributed by atoms with E-state index >= 15 is 0 Å². The van der Waals surface area contributed by atoms with Crippen LogP contribution < -0.4 is 10.0 Å². The molecule has 0 aliphatic carbocycles. The quantitative estimate of drug-likeness (QED) is 0.771. The van der Waals surface area contributed by atoms with Crippen LogP contribution in [0.25, 0.3) is 0 Å². The molecule has 1 rings (SSSR count). The van der Waals surface area contributed by atoms with Crippen molar-refractivity contribution in [3.8, 4) is 0 Å². The highest BCUT2D eigenvalue weighted by Crippen LogP contribution is 2.15. The Hall–Kier alpha value is -1.07. The second-order valence-electron chi connectivity index (χ2n) is 4.59. The van der Waals surface area contributed by atoms with E-state index in [0.717, 1.165) is 25.1 Å². The first-order chi connectivity index (χ1) is 9.03. The summed E-state index contributed by atoms with van der Waals surface area (Å²) in [5.41, 5.74) is 0.961. The Kier molecular flexibility index (Phi) is 6.31. The van der Waals surface area contributed by atoms with E-state index in [1.165, 1.54) is 0 Å². The zero-order chi connectivity index (χ0) is 14.3. The third kappa shape index (κ3) is 4.84. The monoisotopic (exact) mass is 284 g/mol. The maximum Gasteiger partial charge on any atom is 0.240 e. The van der Waals surface area contributed by atoms with E-state index in [2.05, 4.69) is 23.9 Å². The summed E-state index contributed by atoms with van der Waals surface area (Å²) in [5.74, 6) is 0.658. The molecule has 0 saturated heterocycles. The second kappa shape index (κ2) is 7.50. The van der Waals surface area contributed by atoms with Crippen molar-refractivity contribution in [3.63, 3.8) is 0 Å². The summed E-state index contributed by atoms with van der Waals surface area (Å²) in [7, 11) is -3.35. The van der Waals surface area contributed by atoms with Crippen LogP contribution in [0.15, 0.2) is 29.2 Å². The molecule has 4 nitrogen and oxygen atoms in total. The third-order valence-corrected chi connectivity index (χ3v) is 4.81. The Morgan fingerprint density at radius 1 is 1.05 bits per heavy atom. The van der Waals surface area contributed by atoms with Crippen molar-refractivity contribution >= 4 is 15.7 Å². The van der Waals surface area contributed by atoms with E-state index < -0.39 is 10.0 Å². The van der Waals surface area contributed by atoms with Gasteiger partial charge in [0.05, 0.1) is 4.90 Å². The van der Waals surface area contributed by atoms with Gasteiger partial charge in [0.2, 0.25) is 10.0 Å². The van der Waals surface area contributed by atoms with Crippen LogP contribution in [-0.2, 0) is 10.0 Å². The summed E-state index contributed by atoms with van der Waals surface area (Å²) in [4.78, 5) is 0.308. The number of nitrogens with one attached hydrogen (secondary N) is 2.